The summed E-state index contributed by atoms with van der Waals surface area (Å²) in [6, 6.07) is 22.9. The summed E-state index contributed by atoms with van der Waals surface area (Å²) in [6.07, 6.45) is 4.34. The predicted octanol–water partition coefficient (Wildman–Crippen LogP) is 7.09. The van der Waals surface area contributed by atoms with Crippen molar-refractivity contribution < 1.29 is 28.5 Å². The second-order valence-electron chi connectivity index (χ2n) is 14.0. The van der Waals surface area contributed by atoms with E-state index in [9.17, 15) is 4.79 Å². The molecule has 2 heterocycles. The summed E-state index contributed by atoms with van der Waals surface area (Å²) >= 11 is 0. The van der Waals surface area contributed by atoms with Crippen molar-refractivity contribution in [2.75, 3.05) is 57.9 Å². The van der Waals surface area contributed by atoms with Gasteiger partial charge in [0.25, 0.3) is 0 Å². The van der Waals surface area contributed by atoms with E-state index in [2.05, 4.69) is 35.2 Å². The highest BCUT2D eigenvalue weighted by molar-refractivity contribution is 5.68. The van der Waals surface area contributed by atoms with Crippen LogP contribution in [0.1, 0.15) is 74.6 Å². The van der Waals surface area contributed by atoms with E-state index in [4.69, 9.17) is 29.4 Å². The molecule has 3 aromatic carbocycles. The van der Waals surface area contributed by atoms with Crippen molar-refractivity contribution in [2.45, 2.75) is 83.7 Å². The molecule has 1 fully saturated rings. The number of benzene rings is 3. The van der Waals surface area contributed by atoms with Gasteiger partial charge >= 0.3 is 6.09 Å². The summed E-state index contributed by atoms with van der Waals surface area (Å²) in [6.45, 7) is 11.7. The number of piperidine rings is 1. The first-order valence-corrected chi connectivity index (χ1v) is 17.8. The van der Waals surface area contributed by atoms with Crippen molar-refractivity contribution in [1.82, 2.24) is 4.90 Å². The molecule has 2 aliphatic heterocycles. The van der Waals surface area contributed by atoms with Crippen molar-refractivity contribution >= 4 is 11.8 Å². The van der Waals surface area contributed by atoms with Gasteiger partial charge in [-0.15, -0.1) is 0 Å². The van der Waals surface area contributed by atoms with Crippen LogP contribution in [0, 0.1) is 0 Å². The van der Waals surface area contributed by atoms with Gasteiger partial charge in [0, 0.05) is 43.2 Å². The SMILES string of the molecule is COc1ccccc1COCCCOc1ccc([C@H]2CCN(C(=O)OC(C)(C)C)C[C@@H]2OCc2ccc3c(c2)N(CCCN)CCC3)cc1. The molecule has 0 aromatic heterocycles. The molecule has 266 valence electrons. The van der Waals surface area contributed by atoms with Gasteiger partial charge in [0.2, 0.25) is 0 Å². The number of carbonyl (C=O) groups excluding carboxylic acids is 1. The molecule has 0 unspecified atom stereocenters. The molecule has 1 amide bonds. The number of rotatable bonds is 15. The Labute approximate surface area is 292 Å². The van der Waals surface area contributed by atoms with Crippen molar-refractivity contribution in [1.29, 1.82) is 0 Å². The lowest BCUT2D eigenvalue weighted by Crippen LogP contribution is -2.48. The van der Waals surface area contributed by atoms with Gasteiger partial charge in [-0.3, -0.25) is 0 Å². The molecule has 2 atom stereocenters. The number of aryl methyl sites for hydroxylation is 1. The molecule has 0 saturated carbocycles. The summed E-state index contributed by atoms with van der Waals surface area (Å²) in [4.78, 5) is 17.3. The van der Waals surface area contributed by atoms with Crippen LogP contribution in [0.25, 0.3) is 0 Å². The third-order valence-corrected chi connectivity index (χ3v) is 9.13. The third kappa shape index (κ3) is 10.6. The van der Waals surface area contributed by atoms with E-state index in [1.807, 2.05) is 57.2 Å². The fourth-order valence-electron chi connectivity index (χ4n) is 6.63. The average molecular weight is 674 g/mol. The fourth-order valence-corrected chi connectivity index (χ4v) is 6.63. The highest BCUT2D eigenvalue weighted by Gasteiger charge is 2.35. The molecule has 0 radical (unpaired) electrons. The lowest BCUT2D eigenvalue weighted by Gasteiger charge is -2.39. The number of para-hydroxylation sites is 1. The Balaban J connectivity index is 1.19. The summed E-state index contributed by atoms with van der Waals surface area (Å²) in [5.74, 6) is 1.80. The van der Waals surface area contributed by atoms with E-state index in [1.165, 1.54) is 23.2 Å². The third-order valence-electron chi connectivity index (χ3n) is 9.13. The van der Waals surface area contributed by atoms with Crippen molar-refractivity contribution in [3.8, 4) is 11.5 Å². The van der Waals surface area contributed by atoms with Gasteiger partial charge in [-0.2, -0.15) is 0 Å². The molecule has 5 rings (SSSR count). The number of ether oxygens (including phenoxy) is 5. The predicted molar refractivity (Wildman–Crippen MR) is 194 cm³/mol. The van der Waals surface area contributed by atoms with Gasteiger partial charge in [-0.25, -0.2) is 4.79 Å². The molecule has 0 aliphatic carbocycles. The highest BCUT2D eigenvalue weighted by Crippen LogP contribution is 2.34. The second kappa shape index (κ2) is 17.7. The van der Waals surface area contributed by atoms with E-state index in [0.717, 1.165) is 61.4 Å². The Morgan fingerprint density at radius 1 is 0.959 bits per heavy atom. The standard InChI is InChI=1S/C40H55N3O6/c1-40(2,3)49-39(44)43-23-19-35(38(27-43)48-28-30-13-14-32-11-7-21-42(22-8-20-41)36(32)26-30)31-15-17-34(18-16-31)47-25-9-24-46-29-33-10-5-6-12-37(33)45-4/h5-6,10,12-18,26,35,38H,7-9,11,19-25,27-29,41H2,1-4H3/t35-,38+/m1/s1. The van der Waals surface area contributed by atoms with E-state index in [-0.39, 0.29) is 18.1 Å². The van der Waals surface area contributed by atoms with Crippen LogP contribution in [0.15, 0.2) is 66.7 Å². The largest absolute Gasteiger partial charge is 0.496 e. The summed E-state index contributed by atoms with van der Waals surface area (Å²) in [7, 11) is 1.67. The molecule has 1 saturated heterocycles. The van der Waals surface area contributed by atoms with Crippen LogP contribution in [0.4, 0.5) is 10.5 Å². The lowest BCUT2D eigenvalue weighted by molar-refractivity contribution is -0.0359. The van der Waals surface area contributed by atoms with Gasteiger partial charge in [0.1, 0.15) is 17.1 Å². The summed E-state index contributed by atoms with van der Waals surface area (Å²) in [5, 5.41) is 0. The maximum Gasteiger partial charge on any atom is 0.410 e. The number of nitrogens with two attached hydrogens (primary N) is 1. The number of hydrogen-bond acceptors (Lipinski definition) is 8. The van der Waals surface area contributed by atoms with Gasteiger partial charge in [0.15, 0.2) is 0 Å². The molecule has 3 aromatic rings. The van der Waals surface area contributed by atoms with E-state index in [1.54, 1.807) is 12.0 Å². The minimum absolute atomic E-state index is 0.134. The van der Waals surface area contributed by atoms with Crippen LogP contribution in [0.3, 0.4) is 0 Å². The van der Waals surface area contributed by atoms with Crippen LogP contribution in [-0.2, 0) is 33.8 Å². The van der Waals surface area contributed by atoms with Gasteiger partial charge in [-0.1, -0.05) is 42.5 Å². The number of hydrogen-bond donors (Lipinski definition) is 1. The number of methoxy groups -OCH3 is 1. The Bertz CT molecular complexity index is 1470. The number of carbonyl (C=O) groups is 1. The monoisotopic (exact) mass is 673 g/mol. The average Bonchev–Trinajstić information content (AvgIpc) is 3.10. The van der Waals surface area contributed by atoms with Gasteiger partial charge in [-0.05, 0) is 94.0 Å². The molecule has 0 spiro atoms. The molecule has 2 aliphatic rings. The Morgan fingerprint density at radius 3 is 2.55 bits per heavy atom. The van der Waals surface area contributed by atoms with Gasteiger partial charge < -0.3 is 39.2 Å². The first-order valence-electron chi connectivity index (χ1n) is 17.8. The summed E-state index contributed by atoms with van der Waals surface area (Å²) < 4.78 is 29.7. The van der Waals surface area contributed by atoms with Crippen LogP contribution >= 0.6 is 0 Å². The minimum Gasteiger partial charge on any atom is -0.496 e. The van der Waals surface area contributed by atoms with Crippen molar-refractivity contribution in [3.05, 3.63) is 89.0 Å². The zero-order valence-corrected chi connectivity index (χ0v) is 29.8. The maximum atomic E-state index is 13.1. The molecular weight excluding hydrogens is 618 g/mol. The van der Waals surface area contributed by atoms with Gasteiger partial charge in [0.05, 0.1) is 46.2 Å². The van der Waals surface area contributed by atoms with Crippen LogP contribution in [-0.4, -0.2) is 75.7 Å². The number of nitrogens with zero attached hydrogens (tertiary/aromatic N) is 2. The quantitative estimate of drug-likeness (QED) is 0.171. The lowest BCUT2D eigenvalue weighted by atomic mass is 9.87. The highest BCUT2D eigenvalue weighted by atomic mass is 16.6. The molecule has 9 nitrogen and oxygen atoms in total. The number of fused-ring (bicyclic) bond motifs is 1. The Hall–Kier alpha value is -3.79. The maximum absolute atomic E-state index is 13.1. The smallest absolute Gasteiger partial charge is 0.410 e. The van der Waals surface area contributed by atoms with Crippen LogP contribution in [0.5, 0.6) is 11.5 Å². The molecule has 49 heavy (non-hydrogen) atoms. The van der Waals surface area contributed by atoms with E-state index >= 15 is 0 Å². The fraction of sp³-hybridized carbons (Fsp3) is 0.525. The second-order valence-corrected chi connectivity index (χ2v) is 14.0. The van der Waals surface area contributed by atoms with Crippen LogP contribution < -0.4 is 20.1 Å². The Morgan fingerprint density at radius 2 is 1.78 bits per heavy atom. The van der Waals surface area contributed by atoms with Crippen LogP contribution in [0.2, 0.25) is 0 Å². The normalized spacial score (nSPS) is 17.8. The number of anilines is 1. The van der Waals surface area contributed by atoms with Crippen molar-refractivity contribution in [3.63, 3.8) is 0 Å². The molecule has 9 heteroatoms. The molecule has 2 N–H and O–H groups in total. The first-order chi connectivity index (χ1) is 23.7. The first kappa shape index (κ1) is 36.5. The Kier molecular flexibility index (Phi) is 13.2. The number of amides is 1. The summed E-state index contributed by atoms with van der Waals surface area (Å²) in [5.41, 5.74) is 11.3. The molecular formula is C40H55N3O6. The zero-order valence-electron chi connectivity index (χ0n) is 29.8. The zero-order chi connectivity index (χ0) is 34.6. The number of likely N-dealkylation sites (tertiary alicyclic amines) is 1. The van der Waals surface area contributed by atoms with Crippen molar-refractivity contribution in [2.24, 2.45) is 5.73 Å². The minimum atomic E-state index is -0.555. The topological polar surface area (TPSA) is 95.7 Å². The van der Waals surface area contributed by atoms with E-state index in [0.29, 0.717) is 46.1 Å². The van der Waals surface area contributed by atoms with E-state index < -0.39 is 5.60 Å². The molecule has 0 bridgehead atoms.